The molecule has 0 saturated heterocycles. The van der Waals surface area contributed by atoms with Crippen LogP contribution in [0.1, 0.15) is 27.7 Å². The Labute approximate surface area is 81.8 Å². The summed E-state index contributed by atoms with van der Waals surface area (Å²) in [5.41, 5.74) is -0.215. The highest BCUT2D eigenvalue weighted by Crippen LogP contribution is 2.08. The summed E-state index contributed by atoms with van der Waals surface area (Å²) >= 11 is 0. The second-order valence-corrected chi connectivity index (χ2v) is 4.53. The average molecular weight is 189 g/mol. The van der Waals surface area contributed by atoms with Crippen LogP contribution >= 0.6 is 0 Å². The van der Waals surface area contributed by atoms with Crippen molar-refractivity contribution in [3.05, 3.63) is 0 Å². The largest absolute Gasteiger partial charge is 0.377 e. The van der Waals surface area contributed by atoms with Crippen molar-refractivity contribution in [2.24, 2.45) is 0 Å². The van der Waals surface area contributed by atoms with E-state index in [-0.39, 0.29) is 11.2 Å². The fourth-order valence-electron chi connectivity index (χ4n) is 0.809. The lowest BCUT2D eigenvalue weighted by Crippen LogP contribution is -2.43. The van der Waals surface area contributed by atoms with E-state index in [9.17, 15) is 0 Å². The molecule has 0 atom stereocenters. The Hall–Kier alpha value is -0.120. The first-order chi connectivity index (χ1) is 5.83. The van der Waals surface area contributed by atoms with Gasteiger partial charge in [-0.3, -0.25) is 0 Å². The van der Waals surface area contributed by atoms with Gasteiger partial charge in [0.15, 0.2) is 0 Å². The molecule has 80 valence electrons. The SMILES string of the molecule is COC(C)(C)CNCC(C)(C)OC. The summed E-state index contributed by atoms with van der Waals surface area (Å²) in [6.45, 7) is 9.88. The molecule has 3 heteroatoms. The number of rotatable bonds is 6. The zero-order valence-electron chi connectivity index (χ0n) is 9.73. The second-order valence-electron chi connectivity index (χ2n) is 4.53. The molecule has 0 aliphatic carbocycles. The molecule has 1 N–H and O–H groups in total. The van der Waals surface area contributed by atoms with E-state index >= 15 is 0 Å². The van der Waals surface area contributed by atoms with Crippen molar-refractivity contribution in [3.8, 4) is 0 Å². The highest BCUT2D eigenvalue weighted by Gasteiger charge is 2.19. The monoisotopic (exact) mass is 189 g/mol. The van der Waals surface area contributed by atoms with Gasteiger partial charge in [0.1, 0.15) is 0 Å². The van der Waals surface area contributed by atoms with Gasteiger partial charge < -0.3 is 14.8 Å². The zero-order valence-corrected chi connectivity index (χ0v) is 9.73. The first-order valence-electron chi connectivity index (χ1n) is 4.64. The molecule has 0 unspecified atom stereocenters. The Balaban J connectivity index is 3.68. The Bertz CT molecular complexity index is 128. The molecule has 0 aliphatic rings. The van der Waals surface area contributed by atoms with Crippen LogP contribution in [0.3, 0.4) is 0 Å². The van der Waals surface area contributed by atoms with E-state index in [0.717, 1.165) is 13.1 Å². The lowest BCUT2D eigenvalue weighted by Gasteiger charge is -2.28. The van der Waals surface area contributed by atoms with E-state index in [2.05, 4.69) is 33.0 Å². The van der Waals surface area contributed by atoms with Gasteiger partial charge in [0.25, 0.3) is 0 Å². The van der Waals surface area contributed by atoms with Gasteiger partial charge in [-0.05, 0) is 27.7 Å². The molecule has 0 fully saturated rings. The molecule has 0 saturated carbocycles. The minimum atomic E-state index is -0.107. The van der Waals surface area contributed by atoms with Crippen LogP contribution in [0.4, 0.5) is 0 Å². The summed E-state index contributed by atoms with van der Waals surface area (Å²) < 4.78 is 10.6. The molecule has 0 aromatic carbocycles. The first-order valence-corrected chi connectivity index (χ1v) is 4.64. The average Bonchev–Trinajstić information content (AvgIpc) is 2.04. The van der Waals surface area contributed by atoms with Crippen LogP contribution in [0.25, 0.3) is 0 Å². The van der Waals surface area contributed by atoms with Crippen LogP contribution in [0.5, 0.6) is 0 Å². The van der Waals surface area contributed by atoms with Gasteiger partial charge >= 0.3 is 0 Å². The highest BCUT2D eigenvalue weighted by atomic mass is 16.5. The Morgan fingerprint density at radius 3 is 1.38 bits per heavy atom. The number of methoxy groups -OCH3 is 2. The predicted octanol–water partition coefficient (Wildman–Crippen LogP) is 1.43. The summed E-state index contributed by atoms with van der Waals surface area (Å²) in [6, 6.07) is 0. The van der Waals surface area contributed by atoms with Crippen LogP contribution in [0.2, 0.25) is 0 Å². The molecule has 0 rings (SSSR count). The lowest BCUT2D eigenvalue weighted by atomic mass is 10.1. The predicted molar refractivity (Wildman–Crippen MR) is 55.0 cm³/mol. The van der Waals surface area contributed by atoms with Crippen molar-refractivity contribution in [1.29, 1.82) is 0 Å². The Morgan fingerprint density at radius 1 is 0.846 bits per heavy atom. The van der Waals surface area contributed by atoms with E-state index in [1.54, 1.807) is 14.2 Å². The lowest BCUT2D eigenvalue weighted by molar-refractivity contribution is 0.00158. The molecule has 0 aromatic heterocycles. The van der Waals surface area contributed by atoms with Gasteiger partial charge in [-0.1, -0.05) is 0 Å². The maximum absolute atomic E-state index is 5.28. The van der Waals surface area contributed by atoms with Gasteiger partial charge in [0.2, 0.25) is 0 Å². The van der Waals surface area contributed by atoms with Gasteiger partial charge in [-0.25, -0.2) is 0 Å². The summed E-state index contributed by atoms with van der Waals surface area (Å²) in [4.78, 5) is 0. The van der Waals surface area contributed by atoms with Gasteiger partial charge in [0.05, 0.1) is 11.2 Å². The van der Waals surface area contributed by atoms with Gasteiger partial charge in [-0.2, -0.15) is 0 Å². The topological polar surface area (TPSA) is 30.5 Å². The molecule has 3 nitrogen and oxygen atoms in total. The number of ether oxygens (including phenoxy) is 2. The molecule has 13 heavy (non-hydrogen) atoms. The van der Waals surface area contributed by atoms with Gasteiger partial charge in [-0.15, -0.1) is 0 Å². The molecule has 0 aromatic rings. The third kappa shape index (κ3) is 6.02. The van der Waals surface area contributed by atoms with Crippen LogP contribution in [0, 0.1) is 0 Å². The third-order valence-electron chi connectivity index (χ3n) is 2.21. The van der Waals surface area contributed by atoms with E-state index in [4.69, 9.17) is 9.47 Å². The quantitative estimate of drug-likeness (QED) is 0.685. The Kier molecular flexibility index (Phi) is 4.89. The standard InChI is InChI=1S/C10H23NO2/c1-9(2,12-5)7-11-8-10(3,4)13-6/h11H,7-8H2,1-6H3. The van der Waals surface area contributed by atoms with E-state index in [0.29, 0.717) is 0 Å². The molecular formula is C10H23NO2. The summed E-state index contributed by atoms with van der Waals surface area (Å²) in [5.74, 6) is 0. The van der Waals surface area contributed by atoms with Gasteiger partial charge in [0, 0.05) is 27.3 Å². The molecule has 0 heterocycles. The minimum absolute atomic E-state index is 0.107. The van der Waals surface area contributed by atoms with Crippen LogP contribution in [-0.2, 0) is 9.47 Å². The highest BCUT2D eigenvalue weighted by molar-refractivity contribution is 4.76. The summed E-state index contributed by atoms with van der Waals surface area (Å²) in [6.07, 6.45) is 0. The normalized spacial score (nSPS) is 13.4. The van der Waals surface area contributed by atoms with E-state index in [1.807, 2.05) is 0 Å². The number of nitrogens with one attached hydrogen (secondary N) is 1. The molecule has 0 aliphatic heterocycles. The fraction of sp³-hybridized carbons (Fsp3) is 1.00. The fourth-order valence-corrected chi connectivity index (χ4v) is 0.809. The first kappa shape index (κ1) is 12.9. The zero-order chi connectivity index (χ0) is 10.5. The maximum Gasteiger partial charge on any atom is 0.0746 e. The van der Waals surface area contributed by atoms with Crippen molar-refractivity contribution in [2.75, 3.05) is 27.3 Å². The van der Waals surface area contributed by atoms with Crippen molar-refractivity contribution in [3.63, 3.8) is 0 Å². The van der Waals surface area contributed by atoms with Crippen LogP contribution in [0.15, 0.2) is 0 Å². The number of hydrogen-bond acceptors (Lipinski definition) is 3. The summed E-state index contributed by atoms with van der Waals surface area (Å²) in [7, 11) is 3.45. The maximum atomic E-state index is 5.28. The smallest absolute Gasteiger partial charge is 0.0746 e. The Morgan fingerprint density at radius 2 is 1.15 bits per heavy atom. The van der Waals surface area contributed by atoms with Crippen LogP contribution < -0.4 is 5.32 Å². The molecular weight excluding hydrogens is 166 g/mol. The van der Waals surface area contributed by atoms with Crippen LogP contribution in [-0.4, -0.2) is 38.5 Å². The van der Waals surface area contributed by atoms with E-state index in [1.165, 1.54) is 0 Å². The molecule has 0 radical (unpaired) electrons. The van der Waals surface area contributed by atoms with E-state index < -0.39 is 0 Å². The molecule has 0 spiro atoms. The second kappa shape index (κ2) is 4.94. The van der Waals surface area contributed by atoms with Crippen molar-refractivity contribution in [1.82, 2.24) is 5.32 Å². The molecule has 0 bridgehead atoms. The van der Waals surface area contributed by atoms with Crippen molar-refractivity contribution < 1.29 is 9.47 Å². The van der Waals surface area contributed by atoms with Crippen molar-refractivity contribution >= 4 is 0 Å². The number of hydrogen-bond donors (Lipinski definition) is 1. The summed E-state index contributed by atoms with van der Waals surface area (Å²) in [5, 5.41) is 3.32. The third-order valence-corrected chi connectivity index (χ3v) is 2.21. The van der Waals surface area contributed by atoms with Crippen molar-refractivity contribution in [2.45, 2.75) is 38.9 Å². The minimum Gasteiger partial charge on any atom is -0.377 e. The molecule has 0 amide bonds.